The van der Waals surface area contributed by atoms with Crippen molar-refractivity contribution in [3.63, 3.8) is 0 Å². The average Bonchev–Trinajstić information content (AvgIpc) is 3.15. The highest BCUT2D eigenvalue weighted by atomic mass is 32.2. The average molecular weight is 352 g/mol. The zero-order valence-corrected chi connectivity index (χ0v) is 15.0. The van der Waals surface area contributed by atoms with Gasteiger partial charge in [0.1, 0.15) is 0 Å². The first-order chi connectivity index (χ1) is 12.2. The molecule has 0 saturated carbocycles. The van der Waals surface area contributed by atoms with E-state index in [0.29, 0.717) is 5.39 Å². The van der Waals surface area contributed by atoms with Crippen LogP contribution in [0.4, 0.5) is 0 Å². The summed E-state index contributed by atoms with van der Waals surface area (Å²) in [6, 6.07) is 15.5. The minimum absolute atomic E-state index is 0.0238. The third-order valence-electron chi connectivity index (χ3n) is 4.46. The second kappa shape index (κ2) is 7.02. The van der Waals surface area contributed by atoms with Crippen molar-refractivity contribution >= 4 is 22.7 Å². The van der Waals surface area contributed by atoms with Crippen molar-refractivity contribution in [2.75, 3.05) is 12.4 Å². The smallest absolute Gasteiger partial charge is 0.266 e. The molecule has 1 saturated heterocycles. The van der Waals surface area contributed by atoms with Crippen LogP contribution in [0, 0.1) is 6.92 Å². The molecule has 128 valence electrons. The molecule has 2 heterocycles. The molecular weight excluding hydrogens is 332 g/mol. The SMILES string of the molecule is Cc1ccc(-n2c(SC[C@@H]3CCCO3)nc3ccccc3c2=O)cc1. The molecule has 5 heteroatoms. The topological polar surface area (TPSA) is 44.1 Å². The van der Waals surface area contributed by atoms with Gasteiger partial charge in [0, 0.05) is 12.4 Å². The zero-order chi connectivity index (χ0) is 17.2. The zero-order valence-electron chi connectivity index (χ0n) is 14.1. The molecule has 0 N–H and O–H groups in total. The summed E-state index contributed by atoms with van der Waals surface area (Å²) in [5.74, 6) is 0.816. The fourth-order valence-electron chi connectivity index (χ4n) is 3.07. The second-order valence-electron chi connectivity index (χ2n) is 6.33. The molecule has 0 unspecified atom stereocenters. The van der Waals surface area contributed by atoms with Crippen molar-refractivity contribution in [2.24, 2.45) is 0 Å². The Bertz CT molecular complexity index is 944. The predicted molar refractivity (Wildman–Crippen MR) is 102 cm³/mol. The highest BCUT2D eigenvalue weighted by Crippen LogP contribution is 2.25. The van der Waals surface area contributed by atoms with E-state index in [-0.39, 0.29) is 11.7 Å². The Morgan fingerprint density at radius 2 is 2.00 bits per heavy atom. The normalized spacial score (nSPS) is 17.2. The molecule has 0 radical (unpaired) electrons. The molecule has 0 bridgehead atoms. The molecule has 2 aromatic carbocycles. The number of hydrogen-bond donors (Lipinski definition) is 0. The van der Waals surface area contributed by atoms with Gasteiger partial charge in [-0.2, -0.15) is 0 Å². The summed E-state index contributed by atoms with van der Waals surface area (Å²) in [4.78, 5) is 17.9. The Morgan fingerprint density at radius 3 is 2.76 bits per heavy atom. The Hall–Kier alpha value is -2.11. The monoisotopic (exact) mass is 352 g/mol. The molecule has 4 rings (SSSR count). The number of thioether (sulfide) groups is 1. The van der Waals surface area contributed by atoms with E-state index in [4.69, 9.17) is 9.72 Å². The fraction of sp³-hybridized carbons (Fsp3) is 0.300. The van der Waals surface area contributed by atoms with Crippen LogP contribution in [0.25, 0.3) is 16.6 Å². The van der Waals surface area contributed by atoms with Crippen LogP contribution in [0.1, 0.15) is 18.4 Å². The number of aryl methyl sites for hydroxylation is 1. The van der Waals surface area contributed by atoms with Gasteiger partial charge in [0.25, 0.3) is 5.56 Å². The summed E-state index contributed by atoms with van der Waals surface area (Å²) in [5.41, 5.74) is 2.73. The third kappa shape index (κ3) is 3.34. The highest BCUT2D eigenvalue weighted by molar-refractivity contribution is 7.99. The van der Waals surface area contributed by atoms with E-state index in [2.05, 4.69) is 0 Å². The van der Waals surface area contributed by atoms with E-state index in [1.807, 2.05) is 55.5 Å². The van der Waals surface area contributed by atoms with E-state index in [9.17, 15) is 4.79 Å². The quantitative estimate of drug-likeness (QED) is 0.526. The summed E-state index contributed by atoms with van der Waals surface area (Å²) < 4.78 is 7.44. The first-order valence-corrected chi connectivity index (χ1v) is 9.54. The minimum Gasteiger partial charge on any atom is -0.377 e. The van der Waals surface area contributed by atoms with Crippen LogP contribution in [0.2, 0.25) is 0 Å². The molecule has 1 atom stereocenters. The van der Waals surface area contributed by atoms with Crippen LogP contribution < -0.4 is 5.56 Å². The van der Waals surface area contributed by atoms with Gasteiger partial charge >= 0.3 is 0 Å². The van der Waals surface area contributed by atoms with Gasteiger partial charge in [-0.3, -0.25) is 9.36 Å². The summed E-state index contributed by atoms with van der Waals surface area (Å²) >= 11 is 1.60. The first-order valence-electron chi connectivity index (χ1n) is 8.55. The largest absolute Gasteiger partial charge is 0.377 e. The highest BCUT2D eigenvalue weighted by Gasteiger charge is 2.19. The molecule has 0 aliphatic carbocycles. The van der Waals surface area contributed by atoms with E-state index in [1.54, 1.807) is 16.3 Å². The van der Waals surface area contributed by atoms with E-state index >= 15 is 0 Å². The Morgan fingerprint density at radius 1 is 1.20 bits per heavy atom. The molecule has 4 nitrogen and oxygen atoms in total. The number of benzene rings is 2. The van der Waals surface area contributed by atoms with Crippen LogP contribution in [-0.2, 0) is 4.74 Å². The van der Waals surface area contributed by atoms with Gasteiger partial charge in [0.05, 0.1) is 22.7 Å². The van der Waals surface area contributed by atoms with Crippen LogP contribution >= 0.6 is 11.8 Å². The summed E-state index contributed by atoms with van der Waals surface area (Å²) in [6.45, 7) is 2.87. The van der Waals surface area contributed by atoms with E-state index in [0.717, 1.165) is 41.6 Å². The lowest BCUT2D eigenvalue weighted by atomic mass is 10.2. The Kier molecular flexibility index (Phi) is 4.59. The Labute approximate surface area is 150 Å². The van der Waals surface area contributed by atoms with Crippen LogP contribution in [-0.4, -0.2) is 28.0 Å². The Balaban J connectivity index is 1.81. The van der Waals surface area contributed by atoms with Crippen molar-refractivity contribution in [1.29, 1.82) is 0 Å². The second-order valence-corrected chi connectivity index (χ2v) is 7.32. The van der Waals surface area contributed by atoms with Gasteiger partial charge in [-0.25, -0.2) is 4.98 Å². The molecule has 1 aliphatic rings. The maximum absolute atomic E-state index is 13.1. The molecule has 1 aromatic heterocycles. The molecule has 0 amide bonds. The molecule has 1 aliphatic heterocycles. The number of fused-ring (bicyclic) bond motifs is 1. The fourth-order valence-corrected chi connectivity index (χ4v) is 4.15. The van der Waals surface area contributed by atoms with Gasteiger partial charge in [0.2, 0.25) is 0 Å². The number of aromatic nitrogens is 2. The van der Waals surface area contributed by atoms with Crippen LogP contribution in [0.15, 0.2) is 58.5 Å². The van der Waals surface area contributed by atoms with Crippen molar-refractivity contribution in [3.05, 3.63) is 64.4 Å². The van der Waals surface area contributed by atoms with Gasteiger partial charge in [-0.1, -0.05) is 41.6 Å². The van der Waals surface area contributed by atoms with Gasteiger partial charge < -0.3 is 4.74 Å². The van der Waals surface area contributed by atoms with Crippen LogP contribution in [0.5, 0.6) is 0 Å². The van der Waals surface area contributed by atoms with Crippen molar-refractivity contribution in [3.8, 4) is 5.69 Å². The molecule has 1 fully saturated rings. The van der Waals surface area contributed by atoms with E-state index < -0.39 is 0 Å². The standard InChI is InChI=1S/C20H20N2O2S/c1-14-8-10-15(11-9-14)22-19(23)17-6-2-3-7-18(17)21-20(22)25-13-16-5-4-12-24-16/h2-3,6-11,16H,4-5,12-13H2,1H3/t16-/m0/s1. The van der Waals surface area contributed by atoms with Crippen molar-refractivity contribution in [1.82, 2.24) is 9.55 Å². The lowest BCUT2D eigenvalue weighted by molar-refractivity contribution is 0.129. The minimum atomic E-state index is -0.0238. The van der Waals surface area contributed by atoms with Gasteiger partial charge in [-0.05, 0) is 44.0 Å². The number of nitrogens with zero attached hydrogens (tertiary/aromatic N) is 2. The lowest BCUT2D eigenvalue weighted by Crippen LogP contribution is -2.22. The van der Waals surface area contributed by atoms with Crippen molar-refractivity contribution in [2.45, 2.75) is 31.0 Å². The number of ether oxygens (including phenoxy) is 1. The number of para-hydroxylation sites is 1. The number of hydrogen-bond acceptors (Lipinski definition) is 4. The molecular formula is C20H20N2O2S. The molecule has 0 spiro atoms. The molecule has 25 heavy (non-hydrogen) atoms. The predicted octanol–water partition coefficient (Wildman–Crippen LogP) is 3.97. The number of rotatable bonds is 4. The maximum Gasteiger partial charge on any atom is 0.266 e. The van der Waals surface area contributed by atoms with Crippen LogP contribution in [0.3, 0.4) is 0 Å². The van der Waals surface area contributed by atoms with E-state index in [1.165, 1.54) is 5.56 Å². The molecule has 3 aromatic rings. The first kappa shape index (κ1) is 16.4. The summed E-state index contributed by atoms with van der Waals surface area (Å²) in [5, 5.41) is 1.37. The third-order valence-corrected chi connectivity index (χ3v) is 5.53. The summed E-state index contributed by atoms with van der Waals surface area (Å²) in [6.07, 6.45) is 2.44. The van der Waals surface area contributed by atoms with Gasteiger partial charge in [-0.15, -0.1) is 0 Å². The summed E-state index contributed by atoms with van der Waals surface area (Å²) in [7, 11) is 0. The maximum atomic E-state index is 13.1. The lowest BCUT2D eigenvalue weighted by Gasteiger charge is -2.15. The van der Waals surface area contributed by atoms with Crippen molar-refractivity contribution < 1.29 is 4.74 Å². The van der Waals surface area contributed by atoms with Gasteiger partial charge in [0.15, 0.2) is 5.16 Å².